The number of aromatic hydroxyl groups is 1. The van der Waals surface area contributed by atoms with Gasteiger partial charge in [-0.3, -0.25) is 4.79 Å². The van der Waals surface area contributed by atoms with Gasteiger partial charge >= 0.3 is 5.51 Å². The second-order valence-corrected chi connectivity index (χ2v) is 10.2. The number of halogens is 4. The van der Waals surface area contributed by atoms with Gasteiger partial charge in [0.05, 0.1) is 15.5 Å². The van der Waals surface area contributed by atoms with Gasteiger partial charge in [-0.15, -0.1) is 0 Å². The molecular weight excluding hydrogens is 443 g/mol. The number of hydrogen-bond acceptors (Lipinski definition) is 4. The number of phenols is 1. The summed E-state index contributed by atoms with van der Waals surface area (Å²) in [5.41, 5.74) is -4.11. The molecule has 0 aliphatic heterocycles. The number of carbonyl (C=O) groups is 1. The van der Waals surface area contributed by atoms with Gasteiger partial charge in [-0.05, 0) is 48.6 Å². The first-order valence-electron chi connectivity index (χ1n) is 8.74. The van der Waals surface area contributed by atoms with E-state index in [9.17, 15) is 31.5 Å². The summed E-state index contributed by atoms with van der Waals surface area (Å²) in [7, 11) is -5.63. The Morgan fingerprint density at radius 1 is 1.10 bits per heavy atom. The molecule has 2 rings (SSSR count). The van der Waals surface area contributed by atoms with Gasteiger partial charge in [0.2, 0.25) is 0 Å². The smallest absolute Gasteiger partial charge is 0.501 e. The summed E-state index contributed by atoms with van der Waals surface area (Å²) in [6, 6.07) is 4.36. The lowest BCUT2D eigenvalue weighted by atomic mass is 9.82. The standard InChI is InChI=1S/C20H21ClF3NO4S/c1-10-8-13(19(3,4)5)17(26)16(11(10)2)18(27)25-12-6-7-15(14(21)9-12)30(28,29)20(22,23)24/h6-9,26H,1-5H3,(H,25,27). The van der Waals surface area contributed by atoms with E-state index in [1.807, 2.05) is 20.8 Å². The number of rotatable bonds is 3. The minimum Gasteiger partial charge on any atom is -0.507 e. The highest BCUT2D eigenvalue weighted by molar-refractivity contribution is 7.92. The molecule has 2 N–H and O–H groups in total. The molecule has 0 heterocycles. The van der Waals surface area contributed by atoms with Gasteiger partial charge in [0.25, 0.3) is 15.7 Å². The molecule has 2 aromatic carbocycles. The van der Waals surface area contributed by atoms with Crippen molar-refractivity contribution >= 4 is 33.0 Å². The van der Waals surface area contributed by atoms with Crippen LogP contribution in [0.25, 0.3) is 0 Å². The zero-order valence-corrected chi connectivity index (χ0v) is 18.5. The van der Waals surface area contributed by atoms with Crippen LogP contribution in [-0.4, -0.2) is 24.9 Å². The molecule has 0 aromatic heterocycles. The van der Waals surface area contributed by atoms with Crippen LogP contribution in [0.5, 0.6) is 5.75 Å². The highest BCUT2D eigenvalue weighted by atomic mass is 35.5. The van der Waals surface area contributed by atoms with Crippen LogP contribution in [0.2, 0.25) is 5.02 Å². The maximum absolute atomic E-state index is 12.8. The van der Waals surface area contributed by atoms with Gasteiger partial charge in [-0.2, -0.15) is 13.2 Å². The summed E-state index contributed by atoms with van der Waals surface area (Å²) in [6.07, 6.45) is 0. The van der Waals surface area contributed by atoms with Crippen molar-refractivity contribution in [2.75, 3.05) is 5.32 Å². The van der Waals surface area contributed by atoms with Crippen molar-refractivity contribution in [1.29, 1.82) is 0 Å². The first-order valence-corrected chi connectivity index (χ1v) is 10.6. The number of amides is 1. The maximum Gasteiger partial charge on any atom is 0.501 e. The van der Waals surface area contributed by atoms with Gasteiger partial charge in [0.15, 0.2) is 0 Å². The molecule has 0 aliphatic rings. The van der Waals surface area contributed by atoms with E-state index in [4.69, 9.17) is 11.6 Å². The number of aryl methyl sites for hydroxylation is 1. The Bertz CT molecular complexity index is 1120. The van der Waals surface area contributed by atoms with Crippen LogP contribution in [0.4, 0.5) is 18.9 Å². The lowest BCUT2D eigenvalue weighted by Crippen LogP contribution is -2.23. The Morgan fingerprint density at radius 2 is 1.67 bits per heavy atom. The van der Waals surface area contributed by atoms with E-state index in [1.165, 1.54) is 0 Å². The largest absolute Gasteiger partial charge is 0.507 e. The summed E-state index contributed by atoms with van der Waals surface area (Å²) in [6.45, 7) is 9.06. The summed E-state index contributed by atoms with van der Waals surface area (Å²) in [5, 5.41) is 12.4. The van der Waals surface area contributed by atoms with Crippen molar-refractivity contribution < 1.29 is 31.5 Å². The Kier molecular flexibility index (Phi) is 6.22. The third kappa shape index (κ3) is 4.41. The van der Waals surface area contributed by atoms with Crippen LogP contribution in [-0.2, 0) is 15.3 Å². The normalized spacial score (nSPS) is 12.7. The molecule has 10 heteroatoms. The molecule has 0 saturated heterocycles. The van der Waals surface area contributed by atoms with Gasteiger partial charge in [-0.1, -0.05) is 38.4 Å². The number of hydrogen-bond donors (Lipinski definition) is 2. The first kappa shape index (κ1) is 24.0. The van der Waals surface area contributed by atoms with E-state index in [0.717, 1.165) is 17.7 Å². The summed E-state index contributed by atoms with van der Waals surface area (Å²) in [4.78, 5) is 11.7. The SMILES string of the molecule is Cc1cc(C(C)(C)C)c(O)c(C(=O)Nc2ccc(S(=O)(=O)C(F)(F)F)c(Cl)c2)c1C. The second kappa shape index (κ2) is 7.77. The average molecular weight is 464 g/mol. The molecule has 0 saturated carbocycles. The Morgan fingerprint density at radius 3 is 2.13 bits per heavy atom. The molecule has 0 spiro atoms. The van der Waals surface area contributed by atoms with Crippen LogP contribution < -0.4 is 5.32 Å². The predicted octanol–water partition coefficient (Wildman–Crippen LogP) is 5.51. The van der Waals surface area contributed by atoms with Crippen LogP contribution in [0.1, 0.15) is 47.8 Å². The fraction of sp³-hybridized carbons (Fsp3) is 0.350. The van der Waals surface area contributed by atoms with Gasteiger partial charge in [0, 0.05) is 11.3 Å². The Labute approximate surface area is 177 Å². The molecule has 2 aromatic rings. The van der Waals surface area contributed by atoms with Crippen molar-refractivity contribution in [1.82, 2.24) is 0 Å². The quantitative estimate of drug-likeness (QED) is 0.629. The average Bonchev–Trinajstić information content (AvgIpc) is 2.56. The van der Waals surface area contributed by atoms with Crippen molar-refractivity contribution in [2.45, 2.75) is 50.4 Å². The van der Waals surface area contributed by atoms with E-state index in [1.54, 1.807) is 19.9 Å². The number of phenolic OH excluding ortho intramolecular Hbond substituents is 1. The molecule has 5 nitrogen and oxygen atoms in total. The molecule has 0 radical (unpaired) electrons. The number of sulfone groups is 1. The number of nitrogens with one attached hydrogen (secondary N) is 1. The highest BCUT2D eigenvalue weighted by Gasteiger charge is 2.47. The third-order valence-corrected chi connectivity index (χ3v) is 6.61. The molecule has 0 aliphatic carbocycles. The Balaban J connectivity index is 2.48. The third-order valence-electron chi connectivity index (χ3n) is 4.64. The molecule has 30 heavy (non-hydrogen) atoms. The summed E-state index contributed by atoms with van der Waals surface area (Å²) < 4.78 is 61.4. The zero-order valence-electron chi connectivity index (χ0n) is 16.9. The van der Waals surface area contributed by atoms with Crippen LogP contribution in [0.3, 0.4) is 0 Å². The molecule has 1 amide bonds. The van der Waals surface area contributed by atoms with E-state index < -0.39 is 36.6 Å². The number of carbonyl (C=O) groups excluding carboxylic acids is 1. The maximum atomic E-state index is 12.8. The Hall–Kier alpha value is -2.26. The van der Waals surface area contributed by atoms with Crippen molar-refractivity contribution in [2.24, 2.45) is 0 Å². The highest BCUT2D eigenvalue weighted by Crippen LogP contribution is 2.38. The molecule has 164 valence electrons. The predicted molar refractivity (Wildman–Crippen MR) is 109 cm³/mol. The fourth-order valence-corrected chi connectivity index (χ4v) is 4.16. The second-order valence-electron chi connectivity index (χ2n) is 7.89. The van der Waals surface area contributed by atoms with E-state index in [-0.39, 0.29) is 17.0 Å². The number of benzene rings is 2. The molecular formula is C20H21ClF3NO4S. The number of anilines is 1. The van der Waals surface area contributed by atoms with Gasteiger partial charge in [0.1, 0.15) is 5.75 Å². The van der Waals surface area contributed by atoms with E-state index in [0.29, 0.717) is 17.2 Å². The molecule has 0 fully saturated rings. The number of alkyl halides is 3. The van der Waals surface area contributed by atoms with Crippen molar-refractivity contribution in [3.05, 3.63) is 51.5 Å². The minimum absolute atomic E-state index is 0.0167. The van der Waals surface area contributed by atoms with Gasteiger partial charge in [-0.25, -0.2) is 8.42 Å². The minimum atomic E-state index is -5.63. The van der Waals surface area contributed by atoms with Crippen LogP contribution in [0.15, 0.2) is 29.2 Å². The first-order chi connectivity index (χ1) is 13.5. The van der Waals surface area contributed by atoms with E-state index >= 15 is 0 Å². The van der Waals surface area contributed by atoms with Crippen LogP contribution in [0, 0.1) is 13.8 Å². The molecule has 0 bridgehead atoms. The zero-order chi connectivity index (χ0) is 23.2. The molecule has 0 atom stereocenters. The van der Waals surface area contributed by atoms with Crippen LogP contribution >= 0.6 is 11.6 Å². The summed E-state index contributed by atoms with van der Waals surface area (Å²) in [5.74, 6) is -0.910. The van der Waals surface area contributed by atoms with E-state index in [2.05, 4.69) is 5.32 Å². The summed E-state index contributed by atoms with van der Waals surface area (Å²) >= 11 is 5.74. The monoisotopic (exact) mass is 463 g/mol. The van der Waals surface area contributed by atoms with Crippen molar-refractivity contribution in [3.8, 4) is 5.75 Å². The fourth-order valence-electron chi connectivity index (χ4n) is 2.87. The van der Waals surface area contributed by atoms with Crippen molar-refractivity contribution in [3.63, 3.8) is 0 Å². The topological polar surface area (TPSA) is 83.5 Å². The molecule has 0 unspecified atom stereocenters. The lowest BCUT2D eigenvalue weighted by molar-refractivity contribution is -0.0436. The van der Waals surface area contributed by atoms with Gasteiger partial charge < -0.3 is 10.4 Å². The lowest BCUT2D eigenvalue weighted by Gasteiger charge is -2.24.